The van der Waals surface area contributed by atoms with Crippen LogP contribution in [0.25, 0.3) is 0 Å². The fraction of sp³-hybridized carbons (Fsp3) is 0.348. The number of aliphatic hydroxyl groups is 1. The van der Waals surface area contributed by atoms with Gasteiger partial charge in [0.2, 0.25) is 5.91 Å². The molecule has 0 saturated carbocycles. The molecular formula is C23H24Cl2N4O3. The van der Waals surface area contributed by atoms with Crippen LogP contribution in [0, 0.1) is 11.3 Å². The number of piperidine rings is 1. The zero-order valence-electron chi connectivity index (χ0n) is 17.4. The number of anilines is 2. The number of likely N-dealkylation sites (tertiary alicyclic amines) is 1. The summed E-state index contributed by atoms with van der Waals surface area (Å²) < 4.78 is 0. The molecule has 2 aromatic carbocycles. The Morgan fingerprint density at radius 1 is 1.19 bits per heavy atom. The molecule has 1 fully saturated rings. The Morgan fingerprint density at radius 3 is 2.72 bits per heavy atom. The number of hydrogen-bond acceptors (Lipinski definition) is 5. The van der Waals surface area contributed by atoms with Crippen molar-refractivity contribution < 1.29 is 14.7 Å². The van der Waals surface area contributed by atoms with Gasteiger partial charge in [0.25, 0.3) is 5.91 Å². The second-order valence-electron chi connectivity index (χ2n) is 7.56. The average Bonchev–Trinajstić information content (AvgIpc) is 2.78. The molecule has 1 saturated heterocycles. The Morgan fingerprint density at radius 2 is 2.00 bits per heavy atom. The summed E-state index contributed by atoms with van der Waals surface area (Å²) in [5.74, 6) is -0.498. The Balaban J connectivity index is 1.71. The fourth-order valence-electron chi connectivity index (χ4n) is 3.79. The molecule has 1 unspecified atom stereocenters. The maximum Gasteiger partial charge on any atom is 0.256 e. The van der Waals surface area contributed by atoms with E-state index in [0.717, 1.165) is 19.3 Å². The molecule has 2 aromatic rings. The van der Waals surface area contributed by atoms with Crippen LogP contribution >= 0.6 is 23.2 Å². The molecule has 0 radical (unpaired) electrons. The van der Waals surface area contributed by atoms with Gasteiger partial charge >= 0.3 is 0 Å². The van der Waals surface area contributed by atoms with Crippen molar-refractivity contribution in [2.45, 2.75) is 31.7 Å². The van der Waals surface area contributed by atoms with Gasteiger partial charge in [-0.05, 0) is 62.1 Å². The van der Waals surface area contributed by atoms with Gasteiger partial charge in [0.1, 0.15) is 6.07 Å². The van der Waals surface area contributed by atoms with E-state index in [1.54, 1.807) is 29.2 Å². The number of nitriles is 1. The second-order valence-corrected chi connectivity index (χ2v) is 8.40. The van der Waals surface area contributed by atoms with E-state index in [1.807, 2.05) is 6.07 Å². The van der Waals surface area contributed by atoms with Crippen LogP contribution in [0.2, 0.25) is 10.0 Å². The summed E-state index contributed by atoms with van der Waals surface area (Å²) in [6.45, 7) is 0.559. The lowest BCUT2D eigenvalue weighted by molar-refractivity contribution is -0.114. The highest BCUT2D eigenvalue weighted by Gasteiger charge is 2.28. The topological polar surface area (TPSA) is 105 Å². The molecule has 0 aliphatic carbocycles. The van der Waals surface area contributed by atoms with Crippen molar-refractivity contribution >= 4 is 46.4 Å². The maximum atomic E-state index is 13.3. The van der Waals surface area contributed by atoms with E-state index in [9.17, 15) is 14.7 Å². The number of aliphatic hydroxyl groups excluding tert-OH is 1. The molecule has 32 heavy (non-hydrogen) atoms. The third kappa shape index (κ3) is 5.92. The monoisotopic (exact) mass is 474 g/mol. The molecule has 168 valence electrons. The van der Waals surface area contributed by atoms with E-state index >= 15 is 0 Å². The lowest BCUT2D eigenvalue weighted by Crippen LogP contribution is -2.44. The molecule has 1 aliphatic rings. The minimum atomic E-state index is -0.347. The molecule has 1 aliphatic heterocycles. The quantitative estimate of drug-likeness (QED) is 0.554. The predicted octanol–water partition coefficient (Wildman–Crippen LogP) is 4.29. The van der Waals surface area contributed by atoms with Crippen LogP contribution in [0.3, 0.4) is 0 Å². The van der Waals surface area contributed by atoms with Gasteiger partial charge in [-0.3, -0.25) is 9.59 Å². The van der Waals surface area contributed by atoms with Gasteiger partial charge in [-0.15, -0.1) is 0 Å². The lowest BCUT2D eigenvalue weighted by atomic mass is 9.98. The largest absolute Gasteiger partial charge is 0.396 e. The van der Waals surface area contributed by atoms with Gasteiger partial charge in [-0.2, -0.15) is 5.26 Å². The standard InChI is InChI=1S/C23H24Cl2N4O3/c24-16-5-7-19(23(32)29-9-2-1-3-18(29)8-10-30)21(11-16)27-14-22(31)28-17-6-4-15(13-26)20(25)12-17/h4-7,11-12,18,27,30H,1-3,8-10,14H2,(H,28,31). The first-order valence-corrected chi connectivity index (χ1v) is 11.1. The highest BCUT2D eigenvalue weighted by Crippen LogP contribution is 2.27. The van der Waals surface area contributed by atoms with E-state index in [2.05, 4.69) is 10.6 Å². The summed E-state index contributed by atoms with van der Waals surface area (Å²) in [6, 6.07) is 11.5. The number of carbonyl (C=O) groups excluding carboxylic acids is 2. The molecule has 1 heterocycles. The Bertz CT molecular complexity index is 1040. The first kappa shape index (κ1) is 23.9. The van der Waals surface area contributed by atoms with Crippen LogP contribution < -0.4 is 10.6 Å². The van der Waals surface area contributed by atoms with Gasteiger partial charge < -0.3 is 20.6 Å². The predicted molar refractivity (Wildman–Crippen MR) is 125 cm³/mol. The SMILES string of the molecule is N#Cc1ccc(NC(=O)CNc2cc(Cl)ccc2C(=O)N2CCCCC2CCO)cc1Cl. The van der Waals surface area contributed by atoms with E-state index in [1.165, 1.54) is 12.1 Å². The van der Waals surface area contributed by atoms with Crippen LogP contribution in [-0.2, 0) is 4.79 Å². The summed E-state index contributed by atoms with van der Waals surface area (Å²) in [5.41, 5.74) is 1.67. The number of hydrogen-bond donors (Lipinski definition) is 3. The molecule has 3 N–H and O–H groups in total. The number of amides is 2. The van der Waals surface area contributed by atoms with Crippen LogP contribution in [-0.4, -0.2) is 47.6 Å². The fourth-order valence-corrected chi connectivity index (χ4v) is 4.18. The summed E-state index contributed by atoms with van der Waals surface area (Å²) in [4.78, 5) is 27.5. The summed E-state index contributed by atoms with van der Waals surface area (Å²) >= 11 is 12.1. The van der Waals surface area contributed by atoms with Crippen LogP contribution in [0.4, 0.5) is 11.4 Å². The number of halogens is 2. The first-order chi connectivity index (χ1) is 15.4. The van der Waals surface area contributed by atoms with Crippen molar-refractivity contribution in [3.05, 3.63) is 57.6 Å². The second kappa shape index (κ2) is 11.2. The zero-order valence-corrected chi connectivity index (χ0v) is 18.9. The van der Waals surface area contributed by atoms with Crippen molar-refractivity contribution in [3.8, 4) is 6.07 Å². The maximum absolute atomic E-state index is 13.3. The minimum Gasteiger partial charge on any atom is -0.396 e. The number of nitrogens with one attached hydrogen (secondary N) is 2. The summed E-state index contributed by atoms with van der Waals surface area (Å²) in [6.07, 6.45) is 3.34. The van der Waals surface area contributed by atoms with Crippen molar-refractivity contribution in [3.63, 3.8) is 0 Å². The first-order valence-electron chi connectivity index (χ1n) is 10.4. The van der Waals surface area contributed by atoms with Crippen LogP contribution in [0.15, 0.2) is 36.4 Å². The molecular weight excluding hydrogens is 451 g/mol. The molecule has 1 atom stereocenters. The smallest absolute Gasteiger partial charge is 0.256 e. The van der Waals surface area contributed by atoms with E-state index < -0.39 is 0 Å². The molecule has 7 nitrogen and oxygen atoms in total. The highest BCUT2D eigenvalue weighted by molar-refractivity contribution is 6.32. The number of rotatable bonds is 7. The third-order valence-electron chi connectivity index (χ3n) is 5.38. The lowest BCUT2D eigenvalue weighted by Gasteiger charge is -2.36. The van der Waals surface area contributed by atoms with Gasteiger partial charge in [0.15, 0.2) is 0 Å². The van der Waals surface area contributed by atoms with Gasteiger partial charge in [-0.25, -0.2) is 0 Å². The van der Waals surface area contributed by atoms with Crippen molar-refractivity contribution in [1.82, 2.24) is 4.90 Å². The van der Waals surface area contributed by atoms with E-state index in [4.69, 9.17) is 28.5 Å². The molecule has 0 spiro atoms. The van der Waals surface area contributed by atoms with E-state index in [-0.39, 0.29) is 36.0 Å². The molecule has 3 rings (SSSR count). The zero-order chi connectivity index (χ0) is 23.1. The molecule has 2 amide bonds. The third-order valence-corrected chi connectivity index (χ3v) is 5.92. The van der Waals surface area contributed by atoms with Gasteiger partial charge in [0.05, 0.1) is 22.7 Å². The Kier molecular flexibility index (Phi) is 8.34. The van der Waals surface area contributed by atoms with Crippen LogP contribution in [0.1, 0.15) is 41.6 Å². The molecule has 0 bridgehead atoms. The van der Waals surface area contributed by atoms with Crippen LogP contribution in [0.5, 0.6) is 0 Å². The average molecular weight is 475 g/mol. The number of carbonyl (C=O) groups is 2. The van der Waals surface area contributed by atoms with Crippen molar-refractivity contribution in [1.29, 1.82) is 5.26 Å². The van der Waals surface area contributed by atoms with Crippen molar-refractivity contribution in [2.75, 3.05) is 30.3 Å². The van der Waals surface area contributed by atoms with Gasteiger partial charge in [-0.1, -0.05) is 23.2 Å². The Hall–Kier alpha value is -2.79. The number of benzene rings is 2. The molecule has 9 heteroatoms. The summed E-state index contributed by atoms with van der Waals surface area (Å²) in [7, 11) is 0. The van der Waals surface area contributed by atoms with Crippen molar-refractivity contribution in [2.24, 2.45) is 0 Å². The normalized spacial score (nSPS) is 15.7. The Labute approximate surface area is 196 Å². The summed E-state index contributed by atoms with van der Waals surface area (Å²) in [5, 5.41) is 24.7. The van der Waals surface area contributed by atoms with E-state index in [0.29, 0.717) is 40.5 Å². The molecule has 0 aromatic heterocycles. The number of nitrogens with zero attached hydrogens (tertiary/aromatic N) is 2. The van der Waals surface area contributed by atoms with Gasteiger partial charge in [0, 0.05) is 35.6 Å². The highest BCUT2D eigenvalue weighted by atomic mass is 35.5. The minimum absolute atomic E-state index is 0.00536.